The molecule has 5 heteroatoms. The van der Waals surface area contributed by atoms with E-state index in [9.17, 15) is 0 Å². The molecule has 0 fully saturated rings. The van der Waals surface area contributed by atoms with Crippen molar-refractivity contribution in [2.45, 2.75) is 0 Å². The fourth-order valence-electron chi connectivity index (χ4n) is 7.19. The molecule has 0 spiro atoms. The predicted octanol–water partition coefficient (Wildman–Crippen LogP) is 9.23. The zero-order valence-corrected chi connectivity index (χ0v) is 23.0. The number of aromatic nitrogens is 5. The van der Waals surface area contributed by atoms with Crippen molar-refractivity contribution in [3.8, 4) is 11.4 Å². The second-order valence-electron chi connectivity index (χ2n) is 11.1. The van der Waals surface area contributed by atoms with Crippen LogP contribution in [0.3, 0.4) is 0 Å². The number of fused-ring (bicyclic) bond motifs is 13. The van der Waals surface area contributed by atoms with Gasteiger partial charge in [0.15, 0.2) is 0 Å². The van der Waals surface area contributed by atoms with Gasteiger partial charge in [0.1, 0.15) is 5.65 Å². The van der Waals surface area contributed by atoms with Crippen molar-refractivity contribution in [2.75, 3.05) is 0 Å². The molecule has 0 unspecified atom stereocenters. The molecule has 0 N–H and O–H groups in total. The van der Waals surface area contributed by atoms with Gasteiger partial charge >= 0.3 is 0 Å². The quantitative estimate of drug-likeness (QED) is 0.202. The van der Waals surface area contributed by atoms with Crippen molar-refractivity contribution < 1.29 is 0 Å². The average Bonchev–Trinajstić information content (AvgIpc) is 3.77. The summed E-state index contributed by atoms with van der Waals surface area (Å²) in [5.74, 6) is 0. The third kappa shape index (κ3) is 2.95. The lowest BCUT2D eigenvalue weighted by atomic mass is 10.0. The summed E-state index contributed by atoms with van der Waals surface area (Å²) < 4.78 is 7.00. The first kappa shape index (κ1) is 22.7. The molecular weight excluding hydrogens is 526 g/mol. The smallest absolute Gasteiger partial charge is 0.146 e. The summed E-state index contributed by atoms with van der Waals surface area (Å²) in [6, 6.07) is 43.4. The van der Waals surface area contributed by atoms with Crippen LogP contribution in [0.4, 0.5) is 0 Å². The molecule has 200 valence electrons. The summed E-state index contributed by atoms with van der Waals surface area (Å²) >= 11 is 0. The van der Waals surface area contributed by atoms with Gasteiger partial charge in [-0.3, -0.25) is 9.38 Å². The molecule has 0 saturated carbocycles. The molecule has 0 aliphatic heterocycles. The molecule has 43 heavy (non-hydrogen) atoms. The molecule has 0 bridgehead atoms. The van der Waals surface area contributed by atoms with Gasteiger partial charge in [-0.1, -0.05) is 54.6 Å². The Bertz CT molecular complexity index is 2710. The van der Waals surface area contributed by atoms with E-state index < -0.39 is 0 Å². The van der Waals surface area contributed by atoms with Crippen LogP contribution in [-0.4, -0.2) is 23.5 Å². The lowest BCUT2D eigenvalue weighted by molar-refractivity contribution is 1.17. The molecule has 0 aliphatic carbocycles. The molecule has 10 aromatic rings. The lowest BCUT2D eigenvalue weighted by Crippen LogP contribution is -1.95. The lowest BCUT2D eigenvalue weighted by Gasteiger charge is -2.10. The van der Waals surface area contributed by atoms with Crippen LogP contribution in [-0.2, 0) is 0 Å². The number of imidazole rings is 1. The van der Waals surface area contributed by atoms with Crippen LogP contribution >= 0.6 is 0 Å². The Morgan fingerprint density at radius 1 is 0.419 bits per heavy atom. The summed E-state index contributed by atoms with van der Waals surface area (Å²) in [4.78, 5) is 9.69. The molecule has 10 rings (SSSR count). The minimum Gasteiger partial charge on any atom is -0.309 e. The fraction of sp³-hybridized carbons (Fsp3) is 0. The summed E-state index contributed by atoms with van der Waals surface area (Å²) in [7, 11) is 0. The van der Waals surface area contributed by atoms with Gasteiger partial charge in [-0.2, -0.15) is 0 Å². The van der Waals surface area contributed by atoms with Gasteiger partial charge in [0.25, 0.3) is 0 Å². The van der Waals surface area contributed by atoms with Gasteiger partial charge in [-0.05, 0) is 66.7 Å². The standard InChI is InChI=1S/C38H23N5/c1-3-10-24(11-4-1)42-30-16-8-7-14-26(30)28-22-34-29(23-33(28)42)35-32(43(34)25-12-5-2-6-13-25)18-17-31-36(35)37-27(15-9-19-39-37)38-40-20-21-41(31)38/h1-23H. The maximum atomic E-state index is 4.97. The summed E-state index contributed by atoms with van der Waals surface area (Å²) in [6.07, 6.45) is 5.82. The van der Waals surface area contributed by atoms with E-state index in [0.29, 0.717) is 0 Å². The summed E-state index contributed by atoms with van der Waals surface area (Å²) in [6.45, 7) is 0. The normalized spacial score (nSPS) is 12.2. The molecular formula is C38H23N5. The third-order valence-electron chi connectivity index (χ3n) is 8.92. The van der Waals surface area contributed by atoms with Crippen molar-refractivity contribution in [2.24, 2.45) is 0 Å². The van der Waals surface area contributed by atoms with Crippen molar-refractivity contribution in [3.05, 3.63) is 140 Å². The number of hydrogen-bond donors (Lipinski definition) is 0. The van der Waals surface area contributed by atoms with Gasteiger partial charge in [0, 0.05) is 62.3 Å². The van der Waals surface area contributed by atoms with Gasteiger partial charge in [-0.25, -0.2) is 4.98 Å². The van der Waals surface area contributed by atoms with Crippen molar-refractivity contribution in [1.82, 2.24) is 23.5 Å². The Morgan fingerprint density at radius 2 is 1.07 bits per heavy atom. The van der Waals surface area contributed by atoms with Crippen molar-refractivity contribution in [1.29, 1.82) is 0 Å². The zero-order valence-electron chi connectivity index (χ0n) is 23.0. The first-order valence-electron chi connectivity index (χ1n) is 14.5. The Hall–Kier alpha value is -5.94. The molecule has 0 atom stereocenters. The largest absolute Gasteiger partial charge is 0.309 e. The van der Waals surface area contributed by atoms with Crippen molar-refractivity contribution in [3.63, 3.8) is 0 Å². The second-order valence-corrected chi connectivity index (χ2v) is 11.1. The highest BCUT2D eigenvalue weighted by Crippen LogP contribution is 2.43. The monoisotopic (exact) mass is 549 g/mol. The van der Waals surface area contributed by atoms with Crippen LogP contribution < -0.4 is 0 Å². The van der Waals surface area contributed by atoms with Crippen LogP contribution in [0, 0.1) is 0 Å². The summed E-state index contributed by atoms with van der Waals surface area (Å²) in [5, 5.41) is 7.06. The minimum absolute atomic E-state index is 0.924. The fourth-order valence-corrected chi connectivity index (χ4v) is 7.19. The average molecular weight is 550 g/mol. The number of rotatable bonds is 2. The van der Waals surface area contributed by atoms with E-state index in [1.54, 1.807) is 0 Å². The van der Waals surface area contributed by atoms with E-state index in [1.165, 1.54) is 38.1 Å². The highest BCUT2D eigenvalue weighted by Gasteiger charge is 2.22. The molecule has 0 saturated heterocycles. The van der Waals surface area contributed by atoms with Crippen LogP contribution in [0.1, 0.15) is 0 Å². The minimum atomic E-state index is 0.924. The summed E-state index contributed by atoms with van der Waals surface area (Å²) in [5.41, 5.74) is 9.99. The molecule has 5 aromatic heterocycles. The van der Waals surface area contributed by atoms with Crippen LogP contribution in [0.15, 0.2) is 140 Å². The van der Waals surface area contributed by atoms with E-state index in [-0.39, 0.29) is 0 Å². The maximum absolute atomic E-state index is 4.97. The van der Waals surface area contributed by atoms with Gasteiger partial charge in [-0.15, -0.1) is 0 Å². The number of hydrogen-bond acceptors (Lipinski definition) is 2. The van der Waals surface area contributed by atoms with E-state index in [2.05, 4.69) is 135 Å². The molecule has 5 nitrogen and oxygen atoms in total. The Labute approximate surface area is 245 Å². The molecule has 0 radical (unpaired) electrons. The maximum Gasteiger partial charge on any atom is 0.146 e. The topological polar surface area (TPSA) is 40.1 Å². The third-order valence-corrected chi connectivity index (χ3v) is 8.92. The number of nitrogens with zero attached hydrogens (tertiary/aromatic N) is 5. The first-order chi connectivity index (χ1) is 21.4. The molecule has 0 amide bonds. The van der Waals surface area contributed by atoms with Crippen molar-refractivity contribution >= 4 is 71.1 Å². The molecule has 0 aliphatic rings. The Balaban J connectivity index is 1.50. The highest BCUT2D eigenvalue weighted by atomic mass is 15.0. The van der Waals surface area contributed by atoms with E-state index in [4.69, 9.17) is 9.97 Å². The van der Waals surface area contributed by atoms with E-state index >= 15 is 0 Å². The van der Waals surface area contributed by atoms with E-state index in [0.717, 1.165) is 44.3 Å². The Morgan fingerprint density at radius 3 is 1.88 bits per heavy atom. The predicted molar refractivity (Wildman–Crippen MR) is 177 cm³/mol. The van der Waals surface area contributed by atoms with Crippen LogP contribution in [0.5, 0.6) is 0 Å². The second kappa shape index (κ2) is 8.30. The van der Waals surface area contributed by atoms with E-state index in [1.807, 2.05) is 18.5 Å². The van der Waals surface area contributed by atoms with Crippen LogP contribution in [0.25, 0.3) is 82.4 Å². The number of benzene rings is 5. The van der Waals surface area contributed by atoms with Crippen LogP contribution in [0.2, 0.25) is 0 Å². The van der Waals surface area contributed by atoms with Gasteiger partial charge < -0.3 is 9.13 Å². The zero-order chi connectivity index (χ0) is 28.1. The molecule has 5 heterocycles. The Kier molecular flexibility index (Phi) is 4.39. The highest BCUT2D eigenvalue weighted by molar-refractivity contribution is 6.30. The number of pyridine rings is 2. The first-order valence-corrected chi connectivity index (χ1v) is 14.5. The number of para-hydroxylation sites is 3. The van der Waals surface area contributed by atoms with Gasteiger partial charge in [0.05, 0.1) is 33.1 Å². The molecule has 5 aromatic carbocycles. The SMILES string of the molecule is c1ccc(-n2c3ccccc3c3cc4c(cc32)c2c3c5ncccc5c5nccn5c3ccc2n4-c2ccccc2)cc1. The van der Waals surface area contributed by atoms with Gasteiger partial charge in [0.2, 0.25) is 0 Å².